The fourth-order valence-electron chi connectivity index (χ4n) is 3.37. The molecule has 1 N–H and O–H groups in total. The molecule has 1 aromatic carbocycles. The lowest BCUT2D eigenvalue weighted by Crippen LogP contribution is -2.38. The van der Waals surface area contributed by atoms with Crippen molar-refractivity contribution in [2.24, 2.45) is 14.1 Å². The highest BCUT2D eigenvalue weighted by molar-refractivity contribution is 5.79. The maximum absolute atomic E-state index is 12.6. The monoisotopic (exact) mass is 399 g/mol. The number of imidazole rings is 1. The van der Waals surface area contributed by atoms with Crippen molar-refractivity contribution >= 4 is 17.1 Å². The molecule has 1 amide bonds. The van der Waals surface area contributed by atoms with Crippen LogP contribution in [0.4, 0.5) is 0 Å². The van der Waals surface area contributed by atoms with Crippen LogP contribution in [-0.2, 0) is 25.4 Å². The average molecular weight is 399 g/mol. The molecule has 10 heteroatoms. The van der Waals surface area contributed by atoms with Crippen LogP contribution < -0.4 is 26.0 Å². The predicted octanol–water partition coefficient (Wildman–Crippen LogP) is 0.0823. The molecule has 0 radical (unpaired) electrons. The Morgan fingerprint density at radius 3 is 2.66 bits per heavy atom. The van der Waals surface area contributed by atoms with E-state index in [2.05, 4.69) is 10.3 Å². The minimum Gasteiger partial charge on any atom is -0.486 e. The zero-order valence-electron chi connectivity index (χ0n) is 16.3. The van der Waals surface area contributed by atoms with Crippen molar-refractivity contribution in [2.45, 2.75) is 19.5 Å². The Balaban J connectivity index is 1.55. The van der Waals surface area contributed by atoms with Crippen molar-refractivity contribution < 1.29 is 14.3 Å². The van der Waals surface area contributed by atoms with E-state index >= 15 is 0 Å². The first-order valence-electron chi connectivity index (χ1n) is 9.16. The molecule has 152 valence electrons. The Labute approximate surface area is 165 Å². The Kier molecular flexibility index (Phi) is 4.61. The van der Waals surface area contributed by atoms with Crippen LogP contribution in [0.15, 0.2) is 34.1 Å². The van der Waals surface area contributed by atoms with Gasteiger partial charge in [-0.1, -0.05) is 6.07 Å². The topological polar surface area (TPSA) is 109 Å². The average Bonchev–Trinajstić information content (AvgIpc) is 3.13. The molecular formula is C19H21N5O5. The fourth-order valence-corrected chi connectivity index (χ4v) is 3.37. The highest BCUT2D eigenvalue weighted by Gasteiger charge is 2.18. The highest BCUT2D eigenvalue weighted by Crippen LogP contribution is 2.32. The van der Waals surface area contributed by atoms with Gasteiger partial charge in [0.05, 0.1) is 12.4 Å². The fraction of sp³-hybridized carbons (Fsp3) is 0.368. The molecule has 0 saturated heterocycles. The van der Waals surface area contributed by atoms with Gasteiger partial charge in [0.15, 0.2) is 22.7 Å². The molecule has 0 bridgehead atoms. The van der Waals surface area contributed by atoms with Gasteiger partial charge in [-0.3, -0.25) is 18.7 Å². The summed E-state index contributed by atoms with van der Waals surface area (Å²) in [6, 6.07) is 5.26. The first-order valence-corrected chi connectivity index (χ1v) is 9.16. The third-order valence-corrected chi connectivity index (χ3v) is 4.97. The second kappa shape index (κ2) is 7.12. The summed E-state index contributed by atoms with van der Waals surface area (Å²) in [5, 5.41) is 2.90. The molecule has 2 aromatic heterocycles. The number of ether oxygens (including phenoxy) is 2. The van der Waals surface area contributed by atoms with Gasteiger partial charge in [0.1, 0.15) is 19.8 Å². The molecule has 3 heterocycles. The van der Waals surface area contributed by atoms with Crippen molar-refractivity contribution in [3.05, 3.63) is 50.9 Å². The lowest BCUT2D eigenvalue weighted by molar-refractivity contribution is -0.122. The Morgan fingerprint density at radius 1 is 1.17 bits per heavy atom. The molecule has 1 aliphatic heterocycles. The number of amides is 1. The zero-order valence-corrected chi connectivity index (χ0v) is 16.3. The van der Waals surface area contributed by atoms with Gasteiger partial charge >= 0.3 is 5.69 Å². The summed E-state index contributed by atoms with van der Waals surface area (Å²) in [5.74, 6) is 1.05. The summed E-state index contributed by atoms with van der Waals surface area (Å²) in [6.07, 6.45) is 1.39. The molecular weight excluding hydrogens is 378 g/mol. The quantitative estimate of drug-likeness (QED) is 0.666. The summed E-state index contributed by atoms with van der Waals surface area (Å²) in [5.41, 5.74) is 0.358. The summed E-state index contributed by atoms with van der Waals surface area (Å²) >= 11 is 0. The normalized spacial score (nSPS) is 14.0. The standard InChI is InChI=1S/C19H21N5O5/c1-11(12-4-5-13-14(8-12)29-7-6-28-13)21-15(25)9-24-10-20-17-16(24)18(26)23(3)19(27)22(17)2/h4-5,8,10-11H,6-7,9H2,1-3H3,(H,21,25)/t11-/m1/s1. The molecule has 1 atom stereocenters. The van der Waals surface area contributed by atoms with Crippen LogP contribution >= 0.6 is 0 Å². The Bertz CT molecular complexity index is 1220. The minimum absolute atomic E-state index is 0.0984. The van der Waals surface area contributed by atoms with Crippen LogP contribution in [-0.4, -0.2) is 37.8 Å². The number of rotatable bonds is 4. The van der Waals surface area contributed by atoms with Crippen molar-refractivity contribution in [3.63, 3.8) is 0 Å². The molecule has 29 heavy (non-hydrogen) atoms. The number of aryl methyl sites for hydroxylation is 1. The van der Waals surface area contributed by atoms with Crippen molar-refractivity contribution in [1.29, 1.82) is 0 Å². The smallest absolute Gasteiger partial charge is 0.332 e. The van der Waals surface area contributed by atoms with E-state index in [1.165, 1.54) is 29.6 Å². The summed E-state index contributed by atoms with van der Waals surface area (Å²) in [6.45, 7) is 2.77. The van der Waals surface area contributed by atoms with Gasteiger partial charge in [0.25, 0.3) is 5.56 Å². The molecule has 4 rings (SSSR count). The number of hydrogen-bond donors (Lipinski definition) is 1. The van der Waals surface area contributed by atoms with Crippen LogP contribution in [0.25, 0.3) is 11.2 Å². The molecule has 0 spiro atoms. The number of nitrogens with one attached hydrogen (secondary N) is 1. The second-order valence-electron chi connectivity index (χ2n) is 6.94. The Hall–Kier alpha value is -3.56. The summed E-state index contributed by atoms with van der Waals surface area (Å²) in [7, 11) is 2.93. The minimum atomic E-state index is -0.492. The first kappa shape index (κ1) is 18.8. The molecule has 0 unspecified atom stereocenters. The van der Waals surface area contributed by atoms with Crippen molar-refractivity contribution in [3.8, 4) is 11.5 Å². The van der Waals surface area contributed by atoms with Crippen molar-refractivity contribution in [2.75, 3.05) is 13.2 Å². The van der Waals surface area contributed by atoms with Gasteiger partial charge in [-0.2, -0.15) is 0 Å². The van der Waals surface area contributed by atoms with Gasteiger partial charge in [-0.15, -0.1) is 0 Å². The molecule has 10 nitrogen and oxygen atoms in total. The number of fused-ring (bicyclic) bond motifs is 2. The van der Waals surface area contributed by atoms with E-state index in [1.54, 1.807) is 0 Å². The van der Waals surface area contributed by atoms with Gasteiger partial charge in [0.2, 0.25) is 5.91 Å². The summed E-state index contributed by atoms with van der Waals surface area (Å²) < 4.78 is 14.8. The van der Waals surface area contributed by atoms with Gasteiger partial charge in [-0.25, -0.2) is 9.78 Å². The number of nitrogens with zero attached hydrogens (tertiary/aromatic N) is 4. The molecule has 3 aromatic rings. The van der Waals surface area contributed by atoms with Crippen molar-refractivity contribution in [1.82, 2.24) is 24.0 Å². The van der Waals surface area contributed by atoms with Gasteiger partial charge in [-0.05, 0) is 24.6 Å². The maximum atomic E-state index is 12.6. The number of aromatic nitrogens is 4. The van der Waals surface area contributed by atoms with Crippen LogP contribution in [0.1, 0.15) is 18.5 Å². The first-order chi connectivity index (χ1) is 13.9. The number of carbonyl (C=O) groups is 1. The van der Waals surface area contributed by atoms with Crippen LogP contribution in [0.2, 0.25) is 0 Å². The van der Waals surface area contributed by atoms with E-state index in [0.29, 0.717) is 24.7 Å². The third kappa shape index (κ3) is 3.26. The SMILES string of the molecule is C[C@@H](NC(=O)Cn1cnc2c1c(=O)n(C)c(=O)n2C)c1ccc2c(c1)OCCO2. The van der Waals surface area contributed by atoms with Crippen LogP contribution in [0.5, 0.6) is 11.5 Å². The van der Waals surface area contributed by atoms with E-state index in [-0.39, 0.29) is 29.7 Å². The van der Waals surface area contributed by atoms with Gasteiger partial charge < -0.3 is 19.4 Å². The van der Waals surface area contributed by atoms with E-state index in [0.717, 1.165) is 10.1 Å². The zero-order chi connectivity index (χ0) is 20.7. The summed E-state index contributed by atoms with van der Waals surface area (Å²) in [4.78, 5) is 41.2. The second-order valence-corrected chi connectivity index (χ2v) is 6.94. The van der Waals surface area contributed by atoms with E-state index < -0.39 is 11.2 Å². The van der Waals surface area contributed by atoms with Crippen LogP contribution in [0.3, 0.4) is 0 Å². The Morgan fingerprint density at radius 2 is 1.90 bits per heavy atom. The lowest BCUT2D eigenvalue weighted by atomic mass is 10.1. The van der Waals surface area contributed by atoms with E-state index in [9.17, 15) is 14.4 Å². The number of carbonyl (C=O) groups excluding carboxylic acids is 1. The maximum Gasteiger partial charge on any atom is 0.332 e. The third-order valence-electron chi connectivity index (χ3n) is 4.97. The lowest BCUT2D eigenvalue weighted by Gasteiger charge is -2.21. The van der Waals surface area contributed by atoms with E-state index in [4.69, 9.17) is 9.47 Å². The molecule has 0 aliphatic carbocycles. The molecule has 1 aliphatic rings. The number of hydrogen-bond acceptors (Lipinski definition) is 6. The van der Waals surface area contributed by atoms with Gasteiger partial charge in [0, 0.05) is 14.1 Å². The molecule has 0 saturated carbocycles. The predicted molar refractivity (Wildman–Crippen MR) is 104 cm³/mol. The largest absolute Gasteiger partial charge is 0.486 e. The van der Waals surface area contributed by atoms with E-state index in [1.807, 2.05) is 25.1 Å². The highest BCUT2D eigenvalue weighted by atomic mass is 16.6. The van der Waals surface area contributed by atoms with Crippen LogP contribution in [0, 0.1) is 0 Å². The molecule has 0 fully saturated rings. The number of benzene rings is 1.